The number of rotatable bonds is 6. The molecule has 2 rings (SSSR count). The highest BCUT2D eigenvalue weighted by Crippen LogP contribution is 2.24. The van der Waals surface area contributed by atoms with Gasteiger partial charge in [-0.2, -0.15) is 0 Å². The van der Waals surface area contributed by atoms with E-state index in [0.717, 1.165) is 38.4 Å². The monoisotopic (exact) mass is 388 g/mol. The minimum absolute atomic E-state index is 0.210. The first-order valence-electron chi connectivity index (χ1n) is 8.90. The zero-order valence-corrected chi connectivity index (χ0v) is 17.6. The molecule has 0 bridgehead atoms. The van der Waals surface area contributed by atoms with Crippen molar-refractivity contribution in [1.82, 2.24) is 5.32 Å². The van der Waals surface area contributed by atoms with Crippen molar-refractivity contribution in [3.63, 3.8) is 0 Å². The largest absolute Gasteiger partial charge is 0.348 e. The number of carbonyl (C=O) groups is 1. The average Bonchev–Trinajstić information content (AvgIpc) is 2.54. The molecule has 1 amide bonds. The minimum Gasteiger partial charge on any atom is -0.348 e. The Hall–Kier alpha value is -2.34. The molecule has 1 N–H and O–H groups in total. The number of amides is 1. The number of hydrogen-bond donors (Lipinski definition) is 1. The number of anilines is 1. The van der Waals surface area contributed by atoms with Crippen molar-refractivity contribution in [2.24, 2.45) is 0 Å². The topological polar surface area (TPSA) is 66.5 Å². The van der Waals surface area contributed by atoms with Crippen LogP contribution >= 0.6 is 0 Å². The Morgan fingerprint density at radius 2 is 1.59 bits per heavy atom. The lowest BCUT2D eigenvalue weighted by atomic mass is 10.00. The molecule has 0 saturated heterocycles. The fourth-order valence-electron chi connectivity index (χ4n) is 3.19. The van der Waals surface area contributed by atoms with Crippen LogP contribution < -0.4 is 9.62 Å². The van der Waals surface area contributed by atoms with E-state index in [-0.39, 0.29) is 18.5 Å². The average molecular weight is 389 g/mol. The summed E-state index contributed by atoms with van der Waals surface area (Å²) in [7, 11) is -3.59. The first-order chi connectivity index (χ1) is 12.5. The van der Waals surface area contributed by atoms with Crippen molar-refractivity contribution in [2.75, 3.05) is 17.1 Å². The number of nitrogens with one attached hydrogen (secondary N) is 1. The van der Waals surface area contributed by atoms with Gasteiger partial charge in [-0.3, -0.25) is 9.10 Å². The molecule has 0 saturated carbocycles. The van der Waals surface area contributed by atoms with Gasteiger partial charge in [-0.25, -0.2) is 8.42 Å². The summed E-state index contributed by atoms with van der Waals surface area (Å²) in [6.45, 7) is 9.44. The lowest BCUT2D eigenvalue weighted by Crippen LogP contribution is -2.41. The van der Waals surface area contributed by atoms with Crippen molar-refractivity contribution in [1.29, 1.82) is 0 Å². The number of hydrogen-bond acceptors (Lipinski definition) is 3. The lowest BCUT2D eigenvalue weighted by Gasteiger charge is -2.25. The maximum Gasteiger partial charge on any atom is 0.241 e. The van der Waals surface area contributed by atoms with E-state index in [1.165, 1.54) is 0 Å². The summed E-state index contributed by atoms with van der Waals surface area (Å²) in [6, 6.07) is 11.4. The number of benzene rings is 2. The van der Waals surface area contributed by atoms with Gasteiger partial charge in [0.1, 0.15) is 6.54 Å². The second kappa shape index (κ2) is 8.13. The van der Waals surface area contributed by atoms with E-state index >= 15 is 0 Å². The third kappa shape index (κ3) is 5.32. The van der Waals surface area contributed by atoms with E-state index in [0.29, 0.717) is 5.69 Å². The Kier molecular flexibility index (Phi) is 6.31. The molecule has 2 aromatic carbocycles. The van der Waals surface area contributed by atoms with Gasteiger partial charge in [-0.1, -0.05) is 41.5 Å². The highest BCUT2D eigenvalue weighted by atomic mass is 32.2. The smallest absolute Gasteiger partial charge is 0.241 e. The van der Waals surface area contributed by atoms with E-state index in [1.807, 2.05) is 65.0 Å². The Morgan fingerprint density at radius 1 is 1.00 bits per heavy atom. The molecular weight excluding hydrogens is 360 g/mol. The maximum atomic E-state index is 12.6. The van der Waals surface area contributed by atoms with Crippen LogP contribution in [0.1, 0.15) is 40.8 Å². The van der Waals surface area contributed by atoms with Crippen molar-refractivity contribution in [2.45, 2.75) is 40.7 Å². The van der Waals surface area contributed by atoms with Crippen LogP contribution in [0, 0.1) is 27.7 Å². The van der Waals surface area contributed by atoms with Crippen LogP contribution in [0.15, 0.2) is 36.4 Å². The van der Waals surface area contributed by atoms with Crippen LogP contribution in [0.4, 0.5) is 5.69 Å². The van der Waals surface area contributed by atoms with Gasteiger partial charge < -0.3 is 5.32 Å². The zero-order valence-electron chi connectivity index (χ0n) is 16.8. The standard InChI is InChI=1S/C21H28N2O3S/c1-14-8-10-20(17(4)11-14)23(27(6,25)26)13-21(24)22-18(5)19-12-15(2)7-9-16(19)3/h7-12,18H,13H2,1-6H3,(H,22,24). The van der Waals surface area contributed by atoms with Crippen LogP contribution in [0.5, 0.6) is 0 Å². The Morgan fingerprint density at radius 3 is 2.19 bits per heavy atom. The number of nitrogens with zero attached hydrogens (tertiary/aromatic N) is 1. The molecule has 0 radical (unpaired) electrons. The molecule has 0 aliphatic carbocycles. The summed E-state index contributed by atoms with van der Waals surface area (Å²) in [4.78, 5) is 12.6. The minimum atomic E-state index is -3.59. The summed E-state index contributed by atoms with van der Waals surface area (Å²) in [6.07, 6.45) is 1.12. The van der Waals surface area contributed by atoms with E-state index < -0.39 is 10.0 Å². The molecular formula is C21H28N2O3S. The third-order valence-electron chi connectivity index (χ3n) is 4.59. The molecule has 0 heterocycles. The molecule has 0 fully saturated rings. The molecule has 2 aromatic rings. The summed E-state index contributed by atoms with van der Waals surface area (Å²) >= 11 is 0. The highest BCUT2D eigenvalue weighted by molar-refractivity contribution is 7.92. The molecule has 0 aliphatic rings. The summed E-state index contributed by atoms with van der Waals surface area (Å²) in [5.41, 5.74) is 5.61. The normalized spacial score (nSPS) is 12.5. The van der Waals surface area contributed by atoms with Crippen molar-refractivity contribution in [3.8, 4) is 0 Å². The molecule has 0 aromatic heterocycles. The molecule has 1 atom stereocenters. The molecule has 146 valence electrons. The molecule has 1 unspecified atom stereocenters. The quantitative estimate of drug-likeness (QED) is 0.823. The fourth-order valence-corrected chi connectivity index (χ4v) is 4.10. The first kappa shape index (κ1) is 21.0. The Balaban J connectivity index is 2.23. The van der Waals surface area contributed by atoms with Gasteiger partial charge in [0.25, 0.3) is 0 Å². The number of carbonyl (C=O) groups excluding carboxylic acids is 1. The molecule has 6 heteroatoms. The van der Waals surface area contributed by atoms with E-state index in [1.54, 1.807) is 6.07 Å². The Labute approximate surface area is 162 Å². The van der Waals surface area contributed by atoms with Gasteiger partial charge in [0.15, 0.2) is 0 Å². The van der Waals surface area contributed by atoms with Crippen LogP contribution in [0.2, 0.25) is 0 Å². The van der Waals surface area contributed by atoms with Crippen LogP contribution in [-0.2, 0) is 14.8 Å². The van der Waals surface area contributed by atoms with E-state index in [4.69, 9.17) is 0 Å². The second-order valence-electron chi connectivity index (χ2n) is 7.21. The SMILES string of the molecule is Cc1ccc(N(CC(=O)NC(C)c2cc(C)ccc2C)S(C)(=O)=O)c(C)c1. The second-order valence-corrected chi connectivity index (χ2v) is 9.12. The summed E-state index contributed by atoms with van der Waals surface area (Å²) in [5.74, 6) is -0.339. The van der Waals surface area contributed by atoms with Gasteiger partial charge >= 0.3 is 0 Å². The van der Waals surface area contributed by atoms with E-state index in [9.17, 15) is 13.2 Å². The van der Waals surface area contributed by atoms with E-state index in [2.05, 4.69) is 5.32 Å². The Bertz CT molecular complexity index is 952. The molecule has 0 spiro atoms. The van der Waals surface area contributed by atoms with Crippen molar-refractivity contribution >= 4 is 21.6 Å². The van der Waals surface area contributed by atoms with Crippen LogP contribution in [0.3, 0.4) is 0 Å². The maximum absolute atomic E-state index is 12.6. The predicted octanol–water partition coefficient (Wildman–Crippen LogP) is 3.56. The molecule has 5 nitrogen and oxygen atoms in total. The number of sulfonamides is 1. The van der Waals surface area contributed by atoms with Gasteiger partial charge in [-0.05, 0) is 57.4 Å². The lowest BCUT2D eigenvalue weighted by molar-refractivity contribution is -0.120. The van der Waals surface area contributed by atoms with Gasteiger partial charge in [0.2, 0.25) is 15.9 Å². The third-order valence-corrected chi connectivity index (χ3v) is 5.71. The molecule has 0 aliphatic heterocycles. The zero-order chi connectivity index (χ0) is 20.4. The van der Waals surface area contributed by atoms with Gasteiger partial charge in [0, 0.05) is 0 Å². The van der Waals surface area contributed by atoms with Gasteiger partial charge in [0.05, 0.1) is 18.0 Å². The summed E-state index contributed by atoms with van der Waals surface area (Å²) in [5, 5.41) is 2.92. The highest BCUT2D eigenvalue weighted by Gasteiger charge is 2.23. The van der Waals surface area contributed by atoms with Crippen molar-refractivity contribution < 1.29 is 13.2 Å². The first-order valence-corrected chi connectivity index (χ1v) is 10.8. The predicted molar refractivity (Wildman–Crippen MR) is 111 cm³/mol. The van der Waals surface area contributed by atoms with Crippen LogP contribution in [-0.4, -0.2) is 27.1 Å². The molecule has 27 heavy (non-hydrogen) atoms. The fraction of sp³-hybridized carbons (Fsp3) is 0.381. The van der Waals surface area contributed by atoms with Gasteiger partial charge in [-0.15, -0.1) is 0 Å². The number of aryl methyl sites for hydroxylation is 4. The van der Waals surface area contributed by atoms with Crippen molar-refractivity contribution in [3.05, 3.63) is 64.2 Å². The summed E-state index contributed by atoms with van der Waals surface area (Å²) < 4.78 is 25.8. The van der Waals surface area contributed by atoms with Crippen LogP contribution in [0.25, 0.3) is 0 Å².